The van der Waals surface area contributed by atoms with Crippen LogP contribution >= 0.6 is 0 Å². The molecular formula is C19H24N4O5. The number of carbonyl (C=O) groups is 3. The number of fused-ring (bicyclic) bond motifs is 1. The van der Waals surface area contributed by atoms with Gasteiger partial charge in [0.05, 0.1) is 12.0 Å². The lowest BCUT2D eigenvalue weighted by Crippen LogP contribution is -2.59. The van der Waals surface area contributed by atoms with Crippen LogP contribution in [0.25, 0.3) is 0 Å². The average molecular weight is 388 g/mol. The molecule has 4 rings (SSSR count). The molecule has 1 aromatic carbocycles. The molecule has 0 bridgehead atoms. The molecule has 28 heavy (non-hydrogen) atoms. The van der Waals surface area contributed by atoms with Crippen LogP contribution in [-0.4, -0.2) is 64.7 Å². The monoisotopic (exact) mass is 388 g/mol. The molecule has 0 unspecified atom stereocenters. The number of amides is 3. The van der Waals surface area contributed by atoms with Crippen molar-refractivity contribution in [2.24, 2.45) is 5.92 Å². The third kappa shape index (κ3) is 3.55. The van der Waals surface area contributed by atoms with E-state index in [9.17, 15) is 14.4 Å². The number of benzene rings is 1. The first-order chi connectivity index (χ1) is 13.6. The summed E-state index contributed by atoms with van der Waals surface area (Å²) in [7, 11) is 0. The predicted molar refractivity (Wildman–Crippen MR) is 97.0 cm³/mol. The molecule has 3 atom stereocenters. The van der Waals surface area contributed by atoms with Crippen LogP contribution in [0, 0.1) is 5.92 Å². The van der Waals surface area contributed by atoms with Gasteiger partial charge in [-0.1, -0.05) is 24.3 Å². The third-order valence-electron chi connectivity index (χ3n) is 5.73. The van der Waals surface area contributed by atoms with Crippen LogP contribution in [0.3, 0.4) is 0 Å². The molecule has 9 nitrogen and oxygen atoms in total. The molecule has 0 aromatic heterocycles. The van der Waals surface area contributed by atoms with E-state index in [1.165, 1.54) is 0 Å². The zero-order valence-electron chi connectivity index (χ0n) is 15.5. The maximum Gasteiger partial charge on any atom is 0.410 e. The largest absolute Gasteiger partial charge is 0.445 e. The molecule has 3 heterocycles. The van der Waals surface area contributed by atoms with Crippen LogP contribution in [0.5, 0.6) is 0 Å². The standard InChI is InChI=1S/C19H24N4O5/c24-17(21-27)15-8-14(28-19(26)22-6-3-7-22)9-20-16(15)18(25)23-10-12-4-1-2-5-13(12)11-23/h1-2,4-5,14-16,20,27H,3,6-11H2,(H,21,24)/t14-,15-,16-/m0/s1. The Balaban J connectivity index is 1.42. The van der Waals surface area contributed by atoms with Gasteiger partial charge in [-0.25, -0.2) is 10.3 Å². The Labute approximate surface area is 162 Å². The highest BCUT2D eigenvalue weighted by Gasteiger charge is 2.43. The smallest absolute Gasteiger partial charge is 0.410 e. The molecule has 2 fully saturated rings. The molecule has 150 valence electrons. The van der Waals surface area contributed by atoms with Gasteiger partial charge in [0.25, 0.3) is 0 Å². The Kier molecular flexibility index (Phi) is 5.19. The van der Waals surface area contributed by atoms with E-state index in [1.807, 2.05) is 24.3 Å². The molecule has 3 N–H and O–H groups in total. The van der Waals surface area contributed by atoms with E-state index in [0.717, 1.165) is 17.5 Å². The van der Waals surface area contributed by atoms with Gasteiger partial charge in [0.1, 0.15) is 6.10 Å². The molecule has 2 saturated heterocycles. The number of nitrogens with one attached hydrogen (secondary N) is 2. The normalized spacial score (nSPS) is 26.2. The maximum absolute atomic E-state index is 13.1. The van der Waals surface area contributed by atoms with Crippen molar-refractivity contribution in [2.75, 3.05) is 19.6 Å². The van der Waals surface area contributed by atoms with Gasteiger partial charge in [-0.2, -0.15) is 0 Å². The van der Waals surface area contributed by atoms with Crippen LogP contribution in [0.15, 0.2) is 24.3 Å². The molecule has 3 aliphatic rings. The molecule has 0 saturated carbocycles. The fourth-order valence-corrected chi connectivity index (χ4v) is 4.00. The highest BCUT2D eigenvalue weighted by molar-refractivity contribution is 5.90. The summed E-state index contributed by atoms with van der Waals surface area (Å²) in [5.41, 5.74) is 3.83. The number of hydrogen-bond acceptors (Lipinski definition) is 6. The summed E-state index contributed by atoms with van der Waals surface area (Å²) in [6.45, 7) is 2.63. The maximum atomic E-state index is 13.1. The van der Waals surface area contributed by atoms with E-state index in [-0.39, 0.29) is 18.9 Å². The topological polar surface area (TPSA) is 111 Å². The summed E-state index contributed by atoms with van der Waals surface area (Å²) in [4.78, 5) is 40.6. The Morgan fingerprint density at radius 2 is 1.79 bits per heavy atom. The summed E-state index contributed by atoms with van der Waals surface area (Å²) < 4.78 is 5.46. The van der Waals surface area contributed by atoms with E-state index in [1.54, 1.807) is 15.3 Å². The van der Waals surface area contributed by atoms with Crippen LogP contribution in [0.2, 0.25) is 0 Å². The van der Waals surface area contributed by atoms with Gasteiger partial charge in [-0.15, -0.1) is 0 Å². The Morgan fingerprint density at radius 3 is 2.36 bits per heavy atom. The zero-order valence-corrected chi connectivity index (χ0v) is 15.5. The van der Waals surface area contributed by atoms with Crippen molar-refractivity contribution in [1.82, 2.24) is 20.6 Å². The summed E-state index contributed by atoms with van der Waals surface area (Å²) in [5, 5.41) is 12.2. The van der Waals surface area contributed by atoms with E-state index in [2.05, 4.69) is 5.32 Å². The molecule has 0 aliphatic carbocycles. The molecule has 0 spiro atoms. The van der Waals surface area contributed by atoms with Gasteiger partial charge in [-0.05, 0) is 24.0 Å². The minimum Gasteiger partial charge on any atom is -0.445 e. The number of hydroxylamine groups is 1. The van der Waals surface area contributed by atoms with Gasteiger partial charge in [-0.3, -0.25) is 14.8 Å². The molecule has 1 aromatic rings. The fraction of sp³-hybridized carbons (Fsp3) is 0.526. The minimum atomic E-state index is -0.829. The minimum absolute atomic E-state index is 0.177. The summed E-state index contributed by atoms with van der Waals surface area (Å²) in [5.74, 6) is -1.69. The molecular weight excluding hydrogens is 364 g/mol. The zero-order chi connectivity index (χ0) is 19.7. The van der Waals surface area contributed by atoms with Crippen molar-refractivity contribution in [1.29, 1.82) is 0 Å². The summed E-state index contributed by atoms with van der Waals surface area (Å²) in [6.07, 6.45) is 0.203. The highest BCUT2D eigenvalue weighted by atomic mass is 16.6. The fourth-order valence-electron chi connectivity index (χ4n) is 4.00. The molecule has 9 heteroatoms. The number of rotatable bonds is 3. The van der Waals surface area contributed by atoms with Crippen LogP contribution in [-0.2, 0) is 27.4 Å². The van der Waals surface area contributed by atoms with Gasteiger partial charge in [0, 0.05) is 32.7 Å². The first-order valence-corrected chi connectivity index (χ1v) is 9.55. The SMILES string of the molecule is O=C(NO)[C@H]1C[C@H](OC(=O)N2CCC2)CN[C@@H]1C(=O)N1Cc2ccccc2C1. The number of nitrogens with zero attached hydrogens (tertiary/aromatic N) is 2. The average Bonchev–Trinajstić information content (AvgIpc) is 3.09. The van der Waals surface area contributed by atoms with Crippen LogP contribution in [0.4, 0.5) is 4.79 Å². The third-order valence-corrected chi connectivity index (χ3v) is 5.73. The highest BCUT2D eigenvalue weighted by Crippen LogP contribution is 2.27. The molecule has 0 radical (unpaired) electrons. The number of carbonyl (C=O) groups excluding carboxylic acids is 3. The van der Waals surface area contributed by atoms with Crippen LogP contribution in [0.1, 0.15) is 24.0 Å². The first-order valence-electron chi connectivity index (χ1n) is 9.55. The number of ether oxygens (including phenoxy) is 1. The van der Waals surface area contributed by atoms with Gasteiger partial charge >= 0.3 is 6.09 Å². The molecule has 3 aliphatic heterocycles. The predicted octanol–water partition coefficient (Wildman–Crippen LogP) is 0.223. The molecule has 3 amide bonds. The van der Waals surface area contributed by atoms with Crippen LogP contribution < -0.4 is 10.8 Å². The van der Waals surface area contributed by atoms with Gasteiger partial charge < -0.3 is 19.9 Å². The number of piperidine rings is 1. The van der Waals surface area contributed by atoms with Crippen molar-refractivity contribution in [3.8, 4) is 0 Å². The van der Waals surface area contributed by atoms with Crippen molar-refractivity contribution >= 4 is 17.9 Å². The van der Waals surface area contributed by atoms with E-state index in [0.29, 0.717) is 26.2 Å². The Bertz CT molecular complexity index is 756. The second-order valence-electron chi connectivity index (χ2n) is 7.51. The van der Waals surface area contributed by atoms with Crippen molar-refractivity contribution in [3.05, 3.63) is 35.4 Å². The first kappa shape index (κ1) is 18.7. The lowest BCUT2D eigenvalue weighted by atomic mass is 9.87. The van der Waals surface area contributed by atoms with Crippen molar-refractivity contribution < 1.29 is 24.3 Å². The number of hydrogen-bond donors (Lipinski definition) is 3. The van der Waals surface area contributed by atoms with Gasteiger partial charge in [0.2, 0.25) is 11.8 Å². The lowest BCUT2D eigenvalue weighted by molar-refractivity contribution is -0.146. The Hall–Kier alpha value is -2.65. The summed E-state index contributed by atoms with van der Waals surface area (Å²) >= 11 is 0. The summed E-state index contributed by atoms with van der Waals surface area (Å²) in [6, 6.07) is 7.07. The number of likely N-dealkylation sites (tertiary alicyclic amines) is 1. The van der Waals surface area contributed by atoms with E-state index >= 15 is 0 Å². The van der Waals surface area contributed by atoms with Crippen molar-refractivity contribution in [3.63, 3.8) is 0 Å². The quantitative estimate of drug-likeness (QED) is 0.505. The van der Waals surface area contributed by atoms with Gasteiger partial charge in [0.15, 0.2) is 0 Å². The second kappa shape index (κ2) is 7.76. The van der Waals surface area contributed by atoms with Crippen molar-refractivity contribution in [2.45, 2.75) is 38.1 Å². The van der Waals surface area contributed by atoms with E-state index in [4.69, 9.17) is 9.94 Å². The second-order valence-corrected chi connectivity index (χ2v) is 7.51. The Morgan fingerprint density at radius 1 is 1.11 bits per heavy atom. The lowest BCUT2D eigenvalue weighted by Gasteiger charge is -2.38. The van der Waals surface area contributed by atoms with E-state index < -0.39 is 30.1 Å².